The van der Waals surface area contributed by atoms with Crippen molar-refractivity contribution in [1.82, 2.24) is 10.6 Å². The van der Waals surface area contributed by atoms with Crippen LogP contribution in [0.15, 0.2) is 12.1 Å². The maximum atomic E-state index is 12.2. The molecule has 2 N–H and O–H groups in total. The maximum Gasteiger partial charge on any atom is 0.220 e. The standard InChI is InChI=1S/C15H21ClN2OS.ClH/c1-9(13-4-5-14(16)20-13)17-15(19)8-10-6-11-2-3-12(7-10)18-11;/h4-5,9-12,18H,2-3,6-8H2,1H3,(H,17,19);1H. The third kappa shape index (κ3) is 4.35. The van der Waals surface area contributed by atoms with Gasteiger partial charge in [0.25, 0.3) is 0 Å². The molecule has 2 aliphatic heterocycles. The minimum atomic E-state index is 0. The summed E-state index contributed by atoms with van der Waals surface area (Å²) in [6.07, 6.45) is 5.55. The van der Waals surface area contributed by atoms with Crippen LogP contribution in [0.5, 0.6) is 0 Å². The number of nitrogens with one attached hydrogen (secondary N) is 2. The van der Waals surface area contributed by atoms with E-state index in [1.807, 2.05) is 19.1 Å². The second kappa shape index (κ2) is 7.32. The molecule has 1 aromatic heterocycles. The van der Waals surface area contributed by atoms with Crippen molar-refractivity contribution in [1.29, 1.82) is 0 Å². The van der Waals surface area contributed by atoms with Crippen molar-refractivity contribution in [2.45, 2.75) is 57.2 Å². The normalized spacial score (nSPS) is 28.8. The van der Waals surface area contributed by atoms with E-state index in [4.69, 9.17) is 11.6 Å². The molecule has 2 aliphatic rings. The maximum absolute atomic E-state index is 12.2. The second-order valence-electron chi connectivity index (χ2n) is 6.11. The first-order valence-corrected chi connectivity index (χ1v) is 8.60. The molecular weight excluding hydrogens is 327 g/mol. The lowest BCUT2D eigenvalue weighted by Crippen LogP contribution is -2.39. The molecule has 0 spiro atoms. The zero-order valence-corrected chi connectivity index (χ0v) is 14.5. The molecule has 2 fully saturated rings. The van der Waals surface area contributed by atoms with E-state index in [1.54, 1.807) is 0 Å². The number of carbonyl (C=O) groups is 1. The molecule has 6 heteroatoms. The van der Waals surface area contributed by atoms with Gasteiger partial charge in [-0.15, -0.1) is 23.7 Å². The van der Waals surface area contributed by atoms with E-state index in [2.05, 4.69) is 10.6 Å². The van der Waals surface area contributed by atoms with E-state index >= 15 is 0 Å². The Labute approximate surface area is 141 Å². The van der Waals surface area contributed by atoms with Gasteiger partial charge in [-0.3, -0.25) is 4.79 Å². The van der Waals surface area contributed by atoms with Crippen LogP contribution in [-0.4, -0.2) is 18.0 Å². The predicted octanol–water partition coefficient (Wildman–Crippen LogP) is 3.92. The first kappa shape index (κ1) is 17.1. The summed E-state index contributed by atoms with van der Waals surface area (Å²) in [5, 5.41) is 6.72. The zero-order chi connectivity index (χ0) is 14.1. The molecule has 3 heterocycles. The minimum Gasteiger partial charge on any atom is -0.349 e. The Hall–Kier alpha value is -0.290. The quantitative estimate of drug-likeness (QED) is 0.865. The van der Waals surface area contributed by atoms with E-state index in [0.717, 1.165) is 22.1 Å². The van der Waals surface area contributed by atoms with Gasteiger partial charge in [-0.25, -0.2) is 0 Å². The minimum absolute atomic E-state index is 0. The molecule has 2 bridgehead atoms. The molecule has 3 unspecified atom stereocenters. The van der Waals surface area contributed by atoms with Crippen molar-refractivity contribution in [2.24, 2.45) is 5.92 Å². The van der Waals surface area contributed by atoms with E-state index in [-0.39, 0.29) is 24.4 Å². The average Bonchev–Trinajstić information content (AvgIpc) is 2.95. The summed E-state index contributed by atoms with van der Waals surface area (Å²) in [4.78, 5) is 13.3. The van der Waals surface area contributed by atoms with Crippen molar-refractivity contribution in [3.63, 3.8) is 0 Å². The van der Waals surface area contributed by atoms with Gasteiger partial charge in [-0.05, 0) is 50.7 Å². The first-order valence-electron chi connectivity index (χ1n) is 7.41. The highest BCUT2D eigenvalue weighted by Crippen LogP contribution is 2.33. The van der Waals surface area contributed by atoms with Crippen LogP contribution in [0.2, 0.25) is 4.34 Å². The molecule has 3 rings (SSSR count). The smallest absolute Gasteiger partial charge is 0.220 e. The number of rotatable bonds is 4. The van der Waals surface area contributed by atoms with Gasteiger partial charge in [0.2, 0.25) is 5.91 Å². The van der Waals surface area contributed by atoms with E-state index in [1.165, 1.54) is 24.2 Å². The molecule has 0 saturated carbocycles. The molecule has 1 amide bonds. The fraction of sp³-hybridized carbons (Fsp3) is 0.667. The highest BCUT2D eigenvalue weighted by molar-refractivity contribution is 7.16. The summed E-state index contributed by atoms with van der Waals surface area (Å²) in [6, 6.07) is 5.23. The highest BCUT2D eigenvalue weighted by atomic mass is 35.5. The fourth-order valence-electron chi connectivity index (χ4n) is 3.54. The lowest BCUT2D eigenvalue weighted by Gasteiger charge is -2.29. The Kier molecular flexibility index (Phi) is 5.95. The van der Waals surface area contributed by atoms with Gasteiger partial charge in [-0.2, -0.15) is 0 Å². The Morgan fingerprint density at radius 3 is 2.67 bits per heavy atom. The number of piperidine rings is 1. The number of halogens is 2. The molecule has 118 valence electrons. The van der Waals surface area contributed by atoms with Crippen molar-refractivity contribution < 1.29 is 4.79 Å². The van der Waals surface area contributed by atoms with Crippen LogP contribution in [-0.2, 0) is 4.79 Å². The van der Waals surface area contributed by atoms with Crippen molar-refractivity contribution in [3.05, 3.63) is 21.3 Å². The Morgan fingerprint density at radius 1 is 1.43 bits per heavy atom. The van der Waals surface area contributed by atoms with Gasteiger partial charge < -0.3 is 10.6 Å². The predicted molar refractivity (Wildman–Crippen MR) is 90.4 cm³/mol. The third-order valence-electron chi connectivity index (χ3n) is 4.44. The molecule has 3 atom stereocenters. The summed E-state index contributed by atoms with van der Waals surface area (Å²) in [7, 11) is 0. The van der Waals surface area contributed by atoms with Gasteiger partial charge in [0.05, 0.1) is 10.4 Å². The summed E-state index contributed by atoms with van der Waals surface area (Å²) < 4.78 is 0.774. The van der Waals surface area contributed by atoms with Crippen molar-refractivity contribution >= 4 is 41.3 Å². The number of carbonyl (C=O) groups excluding carboxylic acids is 1. The van der Waals surface area contributed by atoms with Gasteiger partial charge in [0, 0.05) is 23.4 Å². The Morgan fingerprint density at radius 2 is 2.10 bits per heavy atom. The number of hydrogen-bond acceptors (Lipinski definition) is 3. The Balaban J connectivity index is 0.00000161. The lowest BCUT2D eigenvalue weighted by molar-refractivity contribution is -0.122. The second-order valence-corrected chi connectivity index (χ2v) is 7.86. The molecule has 21 heavy (non-hydrogen) atoms. The zero-order valence-electron chi connectivity index (χ0n) is 12.1. The van der Waals surface area contributed by atoms with Crippen LogP contribution in [0.25, 0.3) is 0 Å². The Bertz CT molecular complexity index is 482. The fourth-order valence-corrected chi connectivity index (χ4v) is 4.60. The van der Waals surface area contributed by atoms with E-state index in [0.29, 0.717) is 24.4 Å². The summed E-state index contributed by atoms with van der Waals surface area (Å²) in [5.74, 6) is 0.723. The number of fused-ring (bicyclic) bond motifs is 2. The van der Waals surface area contributed by atoms with Crippen LogP contribution in [0.4, 0.5) is 0 Å². The van der Waals surface area contributed by atoms with Gasteiger partial charge >= 0.3 is 0 Å². The molecule has 3 nitrogen and oxygen atoms in total. The third-order valence-corrected chi connectivity index (χ3v) is 5.86. The monoisotopic (exact) mass is 348 g/mol. The van der Waals surface area contributed by atoms with Gasteiger partial charge in [0.1, 0.15) is 0 Å². The summed E-state index contributed by atoms with van der Waals surface area (Å²) in [6.45, 7) is 2.02. The van der Waals surface area contributed by atoms with E-state index < -0.39 is 0 Å². The van der Waals surface area contributed by atoms with Crippen LogP contribution < -0.4 is 10.6 Å². The number of amides is 1. The molecule has 2 saturated heterocycles. The van der Waals surface area contributed by atoms with Gasteiger partial charge in [-0.1, -0.05) is 11.6 Å². The van der Waals surface area contributed by atoms with Crippen molar-refractivity contribution in [2.75, 3.05) is 0 Å². The van der Waals surface area contributed by atoms with E-state index in [9.17, 15) is 4.79 Å². The largest absolute Gasteiger partial charge is 0.349 e. The number of thiophene rings is 1. The highest BCUT2D eigenvalue weighted by Gasteiger charge is 2.34. The lowest BCUT2D eigenvalue weighted by atomic mass is 9.89. The van der Waals surface area contributed by atoms with Crippen LogP contribution >= 0.6 is 35.3 Å². The number of hydrogen-bond donors (Lipinski definition) is 2. The molecule has 0 radical (unpaired) electrons. The van der Waals surface area contributed by atoms with Gasteiger partial charge in [0.15, 0.2) is 0 Å². The average molecular weight is 349 g/mol. The molecule has 0 aliphatic carbocycles. The molecular formula is C15H22Cl2N2OS. The summed E-state index contributed by atoms with van der Waals surface area (Å²) >= 11 is 7.47. The van der Waals surface area contributed by atoms with Crippen molar-refractivity contribution in [3.8, 4) is 0 Å². The first-order chi connectivity index (χ1) is 9.60. The topological polar surface area (TPSA) is 41.1 Å². The molecule has 0 aromatic carbocycles. The van der Waals surface area contributed by atoms with Crippen LogP contribution in [0.1, 0.15) is 49.9 Å². The summed E-state index contributed by atoms with van der Waals surface area (Å²) in [5.41, 5.74) is 0. The molecule has 1 aromatic rings. The van der Waals surface area contributed by atoms with Crippen LogP contribution in [0.3, 0.4) is 0 Å². The SMILES string of the molecule is CC(NC(=O)CC1CC2CCC(C1)N2)c1ccc(Cl)s1.Cl. The van der Waals surface area contributed by atoms with Crippen LogP contribution in [0, 0.1) is 5.92 Å².